The molecule has 0 spiro atoms. The molecule has 2 aromatic carbocycles. The topological polar surface area (TPSA) is 34.4 Å². The minimum absolute atomic E-state index is 0.282. The fraction of sp³-hybridized carbons (Fsp3) is 0.111. The van der Waals surface area contributed by atoms with Gasteiger partial charge < -0.3 is 4.57 Å². The van der Waals surface area contributed by atoms with Gasteiger partial charge in [0.2, 0.25) is 0 Å². The molecule has 1 aromatic heterocycles. The Balaban J connectivity index is 2.05. The van der Waals surface area contributed by atoms with Crippen LogP contribution in [0.5, 0.6) is 0 Å². The van der Waals surface area contributed by atoms with Crippen molar-refractivity contribution >= 4 is 28.8 Å². The van der Waals surface area contributed by atoms with Crippen LogP contribution in [0.4, 0.5) is 4.39 Å². The lowest BCUT2D eigenvalue weighted by molar-refractivity contribution is 0.0998. The number of aromatic nitrogens is 1. The predicted molar refractivity (Wildman–Crippen MR) is 94.8 cm³/mol. The van der Waals surface area contributed by atoms with Gasteiger partial charge in [0, 0.05) is 22.5 Å². The van der Waals surface area contributed by atoms with Crippen molar-refractivity contribution in [1.82, 2.24) is 4.57 Å². The number of amides is 1. The summed E-state index contributed by atoms with van der Waals surface area (Å²) in [6.07, 6.45) is 0. The van der Waals surface area contributed by atoms with Gasteiger partial charge >= 0.3 is 0 Å². The molecule has 0 aliphatic carbocycles. The molecule has 6 heteroatoms. The zero-order valence-electron chi connectivity index (χ0n) is 13.1. The van der Waals surface area contributed by atoms with Gasteiger partial charge in [0.1, 0.15) is 5.82 Å². The molecule has 0 saturated heterocycles. The quantitative estimate of drug-likeness (QED) is 0.657. The van der Waals surface area contributed by atoms with E-state index in [0.29, 0.717) is 15.4 Å². The number of rotatable bonds is 2. The van der Waals surface area contributed by atoms with Crippen LogP contribution in [0.3, 0.4) is 0 Å². The Kier molecular flexibility index (Phi) is 4.64. The molecule has 0 radical (unpaired) electrons. The monoisotopic (exact) mass is 360 g/mol. The predicted octanol–water partition coefficient (Wildman–Crippen LogP) is 4.60. The van der Waals surface area contributed by atoms with Gasteiger partial charge in [0.05, 0.1) is 5.69 Å². The number of hydrogen-bond acceptors (Lipinski definition) is 2. The van der Waals surface area contributed by atoms with Crippen molar-refractivity contribution < 1.29 is 9.18 Å². The minimum Gasteiger partial charge on any atom is -0.319 e. The Morgan fingerprint density at radius 2 is 1.92 bits per heavy atom. The third-order valence-electron chi connectivity index (χ3n) is 3.59. The number of carbonyl (C=O) groups is 1. The van der Waals surface area contributed by atoms with Crippen LogP contribution in [0, 0.1) is 12.7 Å². The first kappa shape index (κ1) is 16.6. The Bertz CT molecular complexity index is 973. The smallest absolute Gasteiger partial charge is 0.279 e. The van der Waals surface area contributed by atoms with E-state index in [1.54, 1.807) is 36.4 Å². The normalized spacial score (nSPS) is 11.8. The molecule has 0 aliphatic heterocycles. The summed E-state index contributed by atoms with van der Waals surface area (Å²) < 4.78 is 15.0. The summed E-state index contributed by atoms with van der Waals surface area (Å²) in [5, 5.41) is 0.495. The molecule has 0 unspecified atom stereocenters. The molecule has 3 aromatic rings. The lowest BCUT2D eigenvalue weighted by Gasteiger charge is -2.04. The summed E-state index contributed by atoms with van der Waals surface area (Å²) in [5.74, 6) is -0.629. The second kappa shape index (κ2) is 6.71. The molecule has 3 rings (SSSR count). The van der Waals surface area contributed by atoms with Crippen molar-refractivity contribution in [3.05, 3.63) is 74.6 Å². The Morgan fingerprint density at radius 3 is 2.58 bits per heavy atom. The Hall–Kier alpha value is -2.24. The molecule has 0 bridgehead atoms. The highest BCUT2D eigenvalue weighted by atomic mass is 35.5. The van der Waals surface area contributed by atoms with E-state index < -0.39 is 0 Å². The number of hydrogen-bond donors (Lipinski definition) is 0. The van der Waals surface area contributed by atoms with Gasteiger partial charge in [0.25, 0.3) is 5.91 Å². The van der Waals surface area contributed by atoms with Crippen molar-refractivity contribution in [3.63, 3.8) is 0 Å². The number of aryl methyl sites for hydroxylation is 1. The van der Waals surface area contributed by atoms with Crippen molar-refractivity contribution in [3.8, 4) is 11.3 Å². The number of carbonyl (C=O) groups excluding carboxylic acids is 1. The van der Waals surface area contributed by atoms with Crippen LogP contribution in [0.25, 0.3) is 11.3 Å². The van der Waals surface area contributed by atoms with Crippen molar-refractivity contribution in [1.29, 1.82) is 0 Å². The first-order chi connectivity index (χ1) is 11.5. The van der Waals surface area contributed by atoms with Gasteiger partial charge in [-0.3, -0.25) is 4.79 Å². The maximum atomic E-state index is 13.1. The largest absolute Gasteiger partial charge is 0.319 e. The molecule has 0 N–H and O–H groups in total. The first-order valence-corrected chi connectivity index (χ1v) is 8.42. The van der Waals surface area contributed by atoms with Crippen LogP contribution in [0.2, 0.25) is 5.02 Å². The molecule has 0 atom stereocenters. The summed E-state index contributed by atoms with van der Waals surface area (Å²) in [6, 6.07) is 13.0. The van der Waals surface area contributed by atoms with Gasteiger partial charge in [-0.25, -0.2) is 4.39 Å². The molecule has 24 heavy (non-hydrogen) atoms. The van der Waals surface area contributed by atoms with Gasteiger partial charge in [-0.2, -0.15) is 4.99 Å². The van der Waals surface area contributed by atoms with Gasteiger partial charge in [0.15, 0.2) is 4.80 Å². The number of halogens is 2. The van der Waals surface area contributed by atoms with E-state index in [1.165, 1.54) is 23.5 Å². The third-order valence-corrected chi connectivity index (χ3v) is 4.87. The van der Waals surface area contributed by atoms with Gasteiger partial charge in [-0.15, -0.1) is 11.3 Å². The fourth-order valence-corrected chi connectivity index (χ4v) is 3.63. The molecule has 1 amide bonds. The van der Waals surface area contributed by atoms with Crippen LogP contribution in [-0.4, -0.2) is 10.5 Å². The maximum absolute atomic E-state index is 13.1. The summed E-state index contributed by atoms with van der Waals surface area (Å²) in [7, 11) is 1.84. The molecular weight excluding hydrogens is 347 g/mol. The van der Waals surface area contributed by atoms with Crippen molar-refractivity contribution in [2.75, 3.05) is 0 Å². The van der Waals surface area contributed by atoms with Crippen LogP contribution in [-0.2, 0) is 7.05 Å². The standard InChI is InChI=1S/C18H14ClFN2OS/c1-11-16(12-6-8-15(20)9-7-12)22(2)18(24-11)21-17(23)13-4-3-5-14(19)10-13/h3-10H,1-2H3. The highest BCUT2D eigenvalue weighted by molar-refractivity contribution is 7.09. The van der Waals surface area contributed by atoms with Crippen molar-refractivity contribution in [2.24, 2.45) is 12.0 Å². The highest BCUT2D eigenvalue weighted by Gasteiger charge is 2.12. The van der Waals surface area contributed by atoms with E-state index in [9.17, 15) is 9.18 Å². The van der Waals surface area contributed by atoms with E-state index in [4.69, 9.17) is 11.6 Å². The number of nitrogens with zero attached hydrogens (tertiary/aromatic N) is 2. The van der Waals surface area contributed by atoms with Crippen molar-refractivity contribution in [2.45, 2.75) is 6.92 Å². The van der Waals surface area contributed by atoms with E-state index in [1.807, 2.05) is 18.5 Å². The van der Waals surface area contributed by atoms with Crippen LogP contribution in [0.15, 0.2) is 53.5 Å². The van der Waals surface area contributed by atoms with Gasteiger partial charge in [-0.05, 0) is 55.0 Å². The molecule has 122 valence electrons. The summed E-state index contributed by atoms with van der Waals surface area (Å²) in [5.41, 5.74) is 2.24. The third kappa shape index (κ3) is 3.32. The van der Waals surface area contributed by atoms with Gasteiger partial charge in [-0.1, -0.05) is 17.7 Å². The summed E-state index contributed by atoms with van der Waals surface area (Å²) in [6.45, 7) is 1.95. The Morgan fingerprint density at radius 1 is 1.21 bits per heavy atom. The van der Waals surface area contributed by atoms with E-state index in [-0.39, 0.29) is 11.7 Å². The zero-order chi connectivity index (χ0) is 17.3. The number of benzene rings is 2. The Labute approximate surface area is 147 Å². The summed E-state index contributed by atoms with van der Waals surface area (Å²) in [4.78, 5) is 18.1. The molecular formula is C18H14ClFN2OS. The van der Waals surface area contributed by atoms with E-state index in [2.05, 4.69) is 4.99 Å². The zero-order valence-corrected chi connectivity index (χ0v) is 14.7. The average molecular weight is 361 g/mol. The fourth-order valence-electron chi connectivity index (χ4n) is 2.46. The SMILES string of the molecule is Cc1sc(=NC(=O)c2cccc(Cl)c2)n(C)c1-c1ccc(F)cc1. The molecule has 0 saturated carbocycles. The minimum atomic E-state index is -0.347. The molecule has 0 fully saturated rings. The lowest BCUT2D eigenvalue weighted by Crippen LogP contribution is -2.14. The molecule has 3 nitrogen and oxygen atoms in total. The molecule has 1 heterocycles. The highest BCUT2D eigenvalue weighted by Crippen LogP contribution is 2.24. The van der Waals surface area contributed by atoms with Crippen LogP contribution >= 0.6 is 22.9 Å². The lowest BCUT2D eigenvalue weighted by atomic mass is 10.1. The van der Waals surface area contributed by atoms with Crippen LogP contribution in [0.1, 0.15) is 15.2 Å². The van der Waals surface area contributed by atoms with E-state index in [0.717, 1.165) is 16.1 Å². The second-order valence-corrected chi connectivity index (χ2v) is 6.90. The number of thiazole rings is 1. The first-order valence-electron chi connectivity index (χ1n) is 7.22. The average Bonchev–Trinajstić information content (AvgIpc) is 2.82. The maximum Gasteiger partial charge on any atom is 0.279 e. The second-order valence-electron chi connectivity index (χ2n) is 5.28. The molecule has 0 aliphatic rings. The van der Waals surface area contributed by atoms with E-state index >= 15 is 0 Å². The summed E-state index contributed by atoms with van der Waals surface area (Å²) >= 11 is 7.33. The van der Waals surface area contributed by atoms with Crippen LogP contribution < -0.4 is 4.80 Å².